The number of carbonyl (C=O) groups is 2. The summed E-state index contributed by atoms with van der Waals surface area (Å²) in [6.07, 6.45) is -0.845. The largest absolute Gasteiger partial charge is 0.491 e. The standard InChI is InChI=1S/C29H33N3O5/c1-6-36-29(35)28-19(3)31(15-22-10-8-7-9-11-22)26-13-12-24(14-25(26)28)37-17-23(34)16-32-20(4)27(21(5)33)18(2)30-32/h7-14,23,34H,6,15-17H2,1-5H3. The number of nitrogens with zero attached hydrogens (tertiary/aromatic N) is 3. The number of fused-ring (bicyclic) bond motifs is 1. The van der Waals surface area contributed by atoms with Crippen molar-refractivity contribution in [3.63, 3.8) is 0 Å². The molecule has 0 bridgehead atoms. The van der Waals surface area contributed by atoms with E-state index in [-0.39, 0.29) is 31.5 Å². The number of ketones is 1. The van der Waals surface area contributed by atoms with Crippen molar-refractivity contribution in [2.24, 2.45) is 0 Å². The van der Waals surface area contributed by atoms with Crippen LogP contribution in [-0.4, -0.2) is 50.5 Å². The Morgan fingerprint density at radius 1 is 1.03 bits per heavy atom. The second kappa shape index (κ2) is 11.0. The molecule has 4 aromatic rings. The minimum Gasteiger partial charge on any atom is -0.491 e. The Bertz CT molecular complexity index is 1440. The van der Waals surface area contributed by atoms with Crippen LogP contribution in [0.5, 0.6) is 5.75 Å². The van der Waals surface area contributed by atoms with Gasteiger partial charge in [-0.05, 0) is 58.4 Å². The van der Waals surface area contributed by atoms with Crippen LogP contribution in [0.3, 0.4) is 0 Å². The molecule has 8 nitrogen and oxygen atoms in total. The fourth-order valence-electron chi connectivity index (χ4n) is 4.81. The molecule has 0 aliphatic heterocycles. The molecule has 0 aliphatic carbocycles. The van der Waals surface area contributed by atoms with E-state index < -0.39 is 6.10 Å². The number of aromatic nitrogens is 3. The maximum Gasteiger partial charge on any atom is 0.340 e. The van der Waals surface area contributed by atoms with E-state index in [1.807, 2.05) is 50.2 Å². The van der Waals surface area contributed by atoms with Crippen molar-refractivity contribution in [2.45, 2.75) is 53.8 Å². The highest BCUT2D eigenvalue weighted by Crippen LogP contribution is 2.31. The molecule has 2 heterocycles. The predicted octanol–water partition coefficient (Wildman–Crippen LogP) is 4.63. The van der Waals surface area contributed by atoms with Crippen LogP contribution in [0.4, 0.5) is 0 Å². The third-order valence-corrected chi connectivity index (χ3v) is 6.52. The molecule has 2 aromatic heterocycles. The number of hydrogen-bond donors (Lipinski definition) is 1. The van der Waals surface area contributed by atoms with Crippen LogP contribution >= 0.6 is 0 Å². The van der Waals surface area contributed by atoms with Gasteiger partial charge in [0.05, 0.1) is 30.0 Å². The first-order valence-electron chi connectivity index (χ1n) is 12.4. The Kier molecular flexibility index (Phi) is 7.78. The lowest BCUT2D eigenvalue weighted by Crippen LogP contribution is -2.25. The number of ether oxygens (including phenoxy) is 2. The van der Waals surface area contributed by atoms with E-state index >= 15 is 0 Å². The topological polar surface area (TPSA) is 95.6 Å². The highest BCUT2D eigenvalue weighted by atomic mass is 16.5. The summed E-state index contributed by atoms with van der Waals surface area (Å²) in [6.45, 7) is 9.94. The number of aliphatic hydroxyl groups is 1. The van der Waals surface area contributed by atoms with Crippen LogP contribution in [0.25, 0.3) is 10.9 Å². The molecule has 0 radical (unpaired) electrons. The first-order chi connectivity index (χ1) is 17.7. The Hall–Kier alpha value is -3.91. The summed E-state index contributed by atoms with van der Waals surface area (Å²) in [5.41, 5.74) is 5.30. The van der Waals surface area contributed by atoms with Crippen molar-refractivity contribution < 1.29 is 24.2 Å². The number of carbonyl (C=O) groups excluding carboxylic acids is 2. The van der Waals surface area contributed by atoms with Crippen molar-refractivity contribution >= 4 is 22.7 Å². The lowest BCUT2D eigenvalue weighted by molar-refractivity contribution is 0.0527. The number of rotatable bonds is 10. The van der Waals surface area contributed by atoms with E-state index in [4.69, 9.17) is 9.47 Å². The first kappa shape index (κ1) is 26.2. The molecule has 4 rings (SSSR count). The molecule has 37 heavy (non-hydrogen) atoms. The van der Waals surface area contributed by atoms with E-state index in [1.54, 1.807) is 18.5 Å². The molecule has 8 heteroatoms. The van der Waals surface area contributed by atoms with E-state index in [9.17, 15) is 14.7 Å². The van der Waals surface area contributed by atoms with Crippen LogP contribution in [0.2, 0.25) is 0 Å². The van der Waals surface area contributed by atoms with Gasteiger partial charge in [0.2, 0.25) is 0 Å². The second-order valence-corrected chi connectivity index (χ2v) is 9.18. The van der Waals surface area contributed by atoms with Gasteiger partial charge in [0, 0.05) is 28.8 Å². The first-order valence-corrected chi connectivity index (χ1v) is 12.4. The van der Waals surface area contributed by atoms with Crippen LogP contribution in [0.15, 0.2) is 48.5 Å². The second-order valence-electron chi connectivity index (χ2n) is 9.18. The summed E-state index contributed by atoms with van der Waals surface area (Å²) in [4.78, 5) is 24.8. The van der Waals surface area contributed by atoms with Gasteiger partial charge in [0.15, 0.2) is 5.78 Å². The third kappa shape index (κ3) is 5.44. The lowest BCUT2D eigenvalue weighted by atomic mass is 10.1. The summed E-state index contributed by atoms with van der Waals surface area (Å²) < 4.78 is 15.0. The van der Waals surface area contributed by atoms with Gasteiger partial charge in [0.25, 0.3) is 0 Å². The van der Waals surface area contributed by atoms with Crippen molar-refractivity contribution in [3.8, 4) is 5.75 Å². The molecule has 1 unspecified atom stereocenters. The Morgan fingerprint density at radius 3 is 2.41 bits per heavy atom. The number of aliphatic hydroxyl groups excluding tert-OH is 1. The number of esters is 1. The average Bonchev–Trinajstić information content (AvgIpc) is 3.29. The summed E-state index contributed by atoms with van der Waals surface area (Å²) in [5.74, 6) is 0.110. The van der Waals surface area contributed by atoms with E-state index in [0.717, 1.165) is 27.9 Å². The van der Waals surface area contributed by atoms with Crippen LogP contribution in [0.1, 0.15) is 57.2 Å². The zero-order chi connectivity index (χ0) is 26.7. The Balaban J connectivity index is 1.58. The van der Waals surface area contributed by atoms with Crippen molar-refractivity contribution in [3.05, 3.63) is 82.3 Å². The van der Waals surface area contributed by atoms with Gasteiger partial charge in [-0.2, -0.15) is 5.10 Å². The van der Waals surface area contributed by atoms with Crippen molar-refractivity contribution in [2.75, 3.05) is 13.2 Å². The summed E-state index contributed by atoms with van der Waals surface area (Å²) in [6, 6.07) is 15.6. The summed E-state index contributed by atoms with van der Waals surface area (Å²) >= 11 is 0. The van der Waals surface area contributed by atoms with Gasteiger partial charge in [-0.1, -0.05) is 30.3 Å². The number of benzene rings is 2. The highest BCUT2D eigenvalue weighted by molar-refractivity contribution is 6.06. The molecule has 0 saturated heterocycles. The molecule has 0 amide bonds. The van der Waals surface area contributed by atoms with Crippen LogP contribution in [0, 0.1) is 20.8 Å². The maximum atomic E-state index is 12.9. The number of Topliss-reactive ketones (excluding diaryl/α,β-unsaturated/α-hetero) is 1. The summed E-state index contributed by atoms with van der Waals surface area (Å²) in [7, 11) is 0. The maximum absolute atomic E-state index is 12.9. The van der Waals surface area contributed by atoms with Gasteiger partial charge in [-0.3, -0.25) is 9.48 Å². The fraction of sp³-hybridized carbons (Fsp3) is 0.345. The molecule has 0 aliphatic rings. The van der Waals surface area contributed by atoms with Gasteiger partial charge < -0.3 is 19.1 Å². The molecular weight excluding hydrogens is 470 g/mol. The average molecular weight is 504 g/mol. The Morgan fingerprint density at radius 2 is 1.76 bits per heavy atom. The molecule has 1 atom stereocenters. The minimum atomic E-state index is -0.845. The zero-order valence-corrected chi connectivity index (χ0v) is 21.9. The van der Waals surface area contributed by atoms with Gasteiger partial charge in [-0.15, -0.1) is 0 Å². The zero-order valence-electron chi connectivity index (χ0n) is 21.9. The van der Waals surface area contributed by atoms with Crippen LogP contribution < -0.4 is 4.74 Å². The van der Waals surface area contributed by atoms with Gasteiger partial charge in [-0.25, -0.2) is 4.79 Å². The number of aryl methyl sites for hydroxylation is 1. The highest BCUT2D eigenvalue weighted by Gasteiger charge is 2.22. The smallest absolute Gasteiger partial charge is 0.340 e. The van der Waals surface area contributed by atoms with E-state index in [0.29, 0.717) is 29.1 Å². The molecule has 0 saturated carbocycles. The number of hydrogen-bond acceptors (Lipinski definition) is 6. The molecule has 2 aromatic carbocycles. The molecule has 1 N–H and O–H groups in total. The predicted molar refractivity (Wildman–Crippen MR) is 141 cm³/mol. The SMILES string of the molecule is CCOC(=O)c1c(C)n(Cc2ccccc2)c2ccc(OCC(O)Cn3nc(C)c(C(C)=O)c3C)cc12. The molecule has 0 fully saturated rings. The van der Waals surface area contributed by atoms with E-state index in [1.165, 1.54) is 6.92 Å². The van der Waals surface area contributed by atoms with Gasteiger partial charge in [0.1, 0.15) is 18.5 Å². The molecule has 194 valence electrons. The normalized spacial score (nSPS) is 12.1. The van der Waals surface area contributed by atoms with E-state index in [2.05, 4.69) is 21.8 Å². The van der Waals surface area contributed by atoms with Crippen molar-refractivity contribution in [1.82, 2.24) is 14.3 Å². The minimum absolute atomic E-state index is 0.0255. The monoisotopic (exact) mass is 503 g/mol. The van der Waals surface area contributed by atoms with Gasteiger partial charge >= 0.3 is 5.97 Å². The fourth-order valence-corrected chi connectivity index (χ4v) is 4.81. The quantitative estimate of drug-likeness (QED) is 0.250. The third-order valence-electron chi connectivity index (χ3n) is 6.52. The Labute approximate surface area is 216 Å². The molecule has 0 spiro atoms. The lowest BCUT2D eigenvalue weighted by Gasteiger charge is -2.14. The molecular formula is C29H33N3O5. The summed E-state index contributed by atoms with van der Waals surface area (Å²) in [5, 5.41) is 15.7. The van der Waals surface area contributed by atoms with Crippen LogP contribution in [-0.2, 0) is 17.8 Å². The van der Waals surface area contributed by atoms with Crippen molar-refractivity contribution in [1.29, 1.82) is 0 Å².